The molecule has 0 saturated carbocycles. The minimum absolute atomic E-state index is 0.221. The van der Waals surface area contributed by atoms with E-state index in [0.717, 1.165) is 49.7 Å². The van der Waals surface area contributed by atoms with E-state index in [2.05, 4.69) is 11.8 Å². The van der Waals surface area contributed by atoms with E-state index in [1.165, 1.54) is 25.3 Å². The van der Waals surface area contributed by atoms with Crippen molar-refractivity contribution in [2.45, 2.75) is 45.2 Å². The Hall–Kier alpha value is -1.39. The van der Waals surface area contributed by atoms with Crippen LogP contribution in [0.25, 0.3) is 0 Å². The maximum Gasteiger partial charge on any atom is 0.416 e. The van der Waals surface area contributed by atoms with Crippen molar-refractivity contribution in [2.24, 2.45) is 5.92 Å². The first-order valence-electron chi connectivity index (χ1n) is 7.63. The molecule has 0 radical (unpaired) electrons. The molecular weight excluding hydrogens is 277 g/mol. The molecular formula is C16H23F3N2. The summed E-state index contributed by atoms with van der Waals surface area (Å²) in [7, 11) is 0. The Morgan fingerprint density at radius 1 is 1.24 bits per heavy atom. The zero-order valence-electron chi connectivity index (χ0n) is 12.4. The van der Waals surface area contributed by atoms with Gasteiger partial charge in [0.15, 0.2) is 0 Å². The van der Waals surface area contributed by atoms with E-state index in [9.17, 15) is 13.2 Å². The molecule has 1 heterocycles. The number of hydrogen-bond acceptors (Lipinski definition) is 2. The number of anilines is 2. The van der Waals surface area contributed by atoms with Crippen LogP contribution >= 0.6 is 0 Å². The fourth-order valence-corrected chi connectivity index (χ4v) is 3.12. The van der Waals surface area contributed by atoms with E-state index in [0.29, 0.717) is 0 Å². The van der Waals surface area contributed by atoms with Crippen LogP contribution in [0.5, 0.6) is 0 Å². The van der Waals surface area contributed by atoms with Crippen molar-refractivity contribution < 1.29 is 13.2 Å². The van der Waals surface area contributed by atoms with Gasteiger partial charge in [0.25, 0.3) is 0 Å². The van der Waals surface area contributed by atoms with Gasteiger partial charge in [-0.15, -0.1) is 0 Å². The van der Waals surface area contributed by atoms with Crippen LogP contribution in [0.3, 0.4) is 0 Å². The summed E-state index contributed by atoms with van der Waals surface area (Å²) in [5.74, 6) is 0.732. The first kappa shape index (κ1) is 16.0. The Kier molecular flexibility index (Phi) is 5.01. The van der Waals surface area contributed by atoms with Gasteiger partial charge in [-0.05, 0) is 43.4 Å². The second-order valence-corrected chi connectivity index (χ2v) is 5.84. The second kappa shape index (κ2) is 6.58. The van der Waals surface area contributed by atoms with Gasteiger partial charge < -0.3 is 10.6 Å². The number of benzene rings is 1. The van der Waals surface area contributed by atoms with Gasteiger partial charge in [-0.2, -0.15) is 13.2 Å². The molecule has 21 heavy (non-hydrogen) atoms. The van der Waals surface area contributed by atoms with Crippen molar-refractivity contribution in [2.75, 3.05) is 23.7 Å². The zero-order valence-corrected chi connectivity index (χ0v) is 12.4. The van der Waals surface area contributed by atoms with Gasteiger partial charge in [0.05, 0.1) is 16.9 Å². The molecule has 5 heteroatoms. The molecule has 1 aromatic rings. The molecule has 0 bridgehead atoms. The molecule has 0 aromatic heterocycles. The first-order chi connectivity index (χ1) is 9.91. The molecule has 2 N–H and O–H groups in total. The van der Waals surface area contributed by atoms with Crippen LogP contribution < -0.4 is 10.6 Å². The molecule has 0 aliphatic carbocycles. The van der Waals surface area contributed by atoms with Crippen LogP contribution in [-0.4, -0.2) is 13.1 Å². The van der Waals surface area contributed by atoms with Gasteiger partial charge in [-0.3, -0.25) is 0 Å². The van der Waals surface area contributed by atoms with Crippen molar-refractivity contribution >= 4 is 11.4 Å². The topological polar surface area (TPSA) is 29.3 Å². The number of hydrogen-bond donors (Lipinski definition) is 1. The number of nitrogens with two attached hydrogens (primary N) is 1. The summed E-state index contributed by atoms with van der Waals surface area (Å²) in [6.07, 6.45) is 1.45. The standard InChI is InChI=1S/C16H23F3N2/c1-2-4-12-5-3-9-21(10-8-12)15-7-6-13(11-14(15)20)16(17,18)19/h6-7,11-12H,2-5,8-10,20H2,1H3. The Morgan fingerprint density at radius 2 is 2.00 bits per heavy atom. The fraction of sp³-hybridized carbons (Fsp3) is 0.625. The summed E-state index contributed by atoms with van der Waals surface area (Å²) in [6.45, 7) is 3.94. The first-order valence-corrected chi connectivity index (χ1v) is 7.63. The quantitative estimate of drug-likeness (QED) is 0.820. The SMILES string of the molecule is CCCC1CCCN(c2ccc(C(F)(F)F)cc2N)CC1. The van der Waals surface area contributed by atoms with Crippen molar-refractivity contribution in [3.8, 4) is 0 Å². The highest BCUT2D eigenvalue weighted by molar-refractivity contribution is 5.68. The fourth-order valence-electron chi connectivity index (χ4n) is 3.12. The molecule has 1 saturated heterocycles. The van der Waals surface area contributed by atoms with Gasteiger partial charge in [-0.25, -0.2) is 0 Å². The van der Waals surface area contributed by atoms with Crippen LogP contribution in [0.4, 0.5) is 24.5 Å². The Morgan fingerprint density at radius 3 is 2.62 bits per heavy atom. The molecule has 0 amide bonds. The van der Waals surface area contributed by atoms with Gasteiger partial charge in [0.2, 0.25) is 0 Å². The average Bonchev–Trinajstić information content (AvgIpc) is 2.64. The van der Waals surface area contributed by atoms with Crippen LogP contribution in [0.1, 0.15) is 44.6 Å². The molecule has 1 fully saturated rings. The van der Waals surface area contributed by atoms with E-state index in [1.807, 2.05) is 0 Å². The zero-order chi connectivity index (χ0) is 15.5. The lowest BCUT2D eigenvalue weighted by Crippen LogP contribution is -2.25. The second-order valence-electron chi connectivity index (χ2n) is 5.84. The van der Waals surface area contributed by atoms with Crippen molar-refractivity contribution in [1.82, 2.24) is 0 Å². The largest absolute Gasteiger partial charge is 0.416 e. The summed E-state index contributed by atoms with van der Waals surface area (Å²) in [5, 5.41) is 0. The van der Waals surface area contributed by atoms with Crippen molar-refractivity contribution in [1.29, 1.82) is 0 Å². The van der Waals surface area contributed by atoms with Gasteiger partial charge >= 0.3 is 6.18 Å². The summed E-state index contributed by atoms with van der Waals surface area (Å²) >= 11 is 0. The normalized spacial score (nSPS) is 20.4. The lowest BCUT2D eigenvalue weighted by molar-refractivity contribution is -0.137. The summed E-state index contributed by atoms with van der Waals surface area (Å²) in [5.41, 5.74) is 6.13. The van der Waals surface area contributed by atoms with E-state index in [1.54, 1.807) is 0 Å². The minimum Gasteiger partial charge on any atom is -0.397 e. The molecule has 2 rings (SSSR count). The van der Waals surface area contributed by atoms with E-state index >= 15 is 0 Å². The van der Waals surface area contributed by atoms with E-state index in [4.69, 9.17) is 5.73 Å². The summed E-state index contributed by atoms with van der Waals surface area (Å²) < 4.78 is 38.0. The Bertz CT molecular complexity index is 471. The summed E-state index contributed by atoms with van der Waals surface area (Å²) in [4.78, 5) is 2.13. The lowest BCUT2D eigenvalue weighted by Gasteiger charge is -2.25. The van der Waals surface area contributed by atoms with Gasteiger partial charge in [-0.1, -0.05) is 19.8 Å². The highest BCUT2D eigenvalue weighted by Crippen LogP contribution is 2.35. The molecule has 2 nitrogen and oxygen atoms in total. The van der Waals surface area contributed by atoms with Crippen LogP contribution in [0.15, 0.2) is 18.2 Å². The molecule has 0 spiro atoms. The van der Waals surface area contributed by atoms with Crippen LogP contribution in [0, 0.1) is 5.92 Å². The van der Waals surface area contributed by atoms with Crippen LogP contribution in [0.2, 0.25) is 0 Å². The Labute approximate surface area is 124 Å². The number of alkyl halides is 3. The maximum absolute atomic E-state index is 12.7. The number of nitrogen functional groups attached to an aromatic ring is 1. The molecule has 1 aromatic carbocycles. The average molecular weight is 300 g/mol. The molecule has 118 valence electrons. The number of rotatable bonds is 3. The third-order valence-corrected chi connectivity index (χ3v) is 4.24. The van der Waals surface area contributed by atoms with Crippen molar-refractivity contribution in [3.63, 3.8) is 0 Å². The molecule has 1 unspecified atom stereocenters. The van der Waals surface area contributed by atoms with Crippen molar-refractivity contribution in [3.05, 3.63) is 23.8 Å². The Balaban J connectivity index is 2.11. The molecule has 1 aliphatic rings. The minimum atomic E-state index is -4.34. The van der Waals surface area contributed by atoms with E-state index in [-0.39, 0.29) is 5.69 Å². The number of halogens is 3. The monoisotopic (exact) mass is 300 g/mol. The van der Waals surface area contributed by atoms with Gasteiger partial charge in [0.1, 0.15) is 0 Å². The smallest absolute Gasteiger partial charge is 0.397 e. The highest BCUT2D eigenvalue weighted by Gasteiger charge is 2.31. The maximum atomic E-state index is 12.7. The summed E-state index contributed by atoms with van der Waals surface area (Å²) in [6, 6.07) is 3.68. The predicted molar refractivity (Wildman–Crippen MR) is 80.3 cm³/mol. The number of nitrogens with zero attached hydrogens (tertiary/aromatic N) is 1. The highest BCUT2D eigenvalue weighted by atomic mass is 19.4. The van der Waals surface area contributed by atoms with Crippen LogP contribution in [-0.2, 0) is 6.18 Å². The predicted octanol–water partition coefficient (Wildman–Crippen LogP) is 4.69. The van der Waals surface area contributed by atoms with Gasteiger partial charge in [0, 0.05) is 13.1 Å². The third-order valence-electron chi connectivity index (χ3n) is 4.24. The lowest BCUT2D eigenvalue weighted by atomic mass is 9.96. The molecule has 1 aliphatic heterocycles. The third kappa shape index (κ3) is 4.05. The molecule has 1 atom stereocenters. The van der Waals surface area contributed by atoms with E-state index < -0.39 is 11.7 Å².